The van der Waals surface area contributed by atoms with E-state index in [1.165, 1.54) is 12.1 Å². The van der Waals surface area contributed by atoms with Crippen LogP contribution >= 0.6 is 0 Å². The van der Waals surface area contributed by atoms with Crippen molar-refractivity contribution < 1.29 is 4.39 Å². The molecular formula is C21H19FN6O. The highest BCUT2D eigenvalue weighted by molar-refractivity contribution is 5.88. The molecule has 0 atom stereocenters. The minimum Gasteiger partial charge on any atom is -0.371 e. The predicted molar refractivity (Wildman–Crippen MR) is 109 cm³/mol. The second-order valence-corrected chi connectivity index (χ2v) is 7.22. The van der Waals surface area contributed by atoms with Gasteiger partial charge in [-0.05, 0) is 38.5 Å². The summed E-state index contributed by atoms with van der Waals surface area (Å²) in [6, 6.07) is 8.33. The molecule has 0 amide bonds. The molecule has 8 heteroatoms. The number of aromatic nitrogens is 5. The van der Waals surface area contributed by atoms with Crippen molar-refractivity contribution in [2.45, 2.75) is 20.3 Å². The summed E-state index contributed by atoms with van der Waals surface area (Å²) < 4.78 is 16.3. The number of aryl methyl sites for hydroxylation is 2. The third kappa shape index (κ3) is 2.71. The van der Waals surface area contributed by atoms with Crippen LogP contribution in [0.5, 0.6) is 0 Å². The minimum absolute atomic E-state index is 0.0443. The molecule has 0 unspecified atom stereocenters. The van der Waals surface area contributed by atoms with Gasteiger partial charge in [-0.3, -0.25) is 4.79 Å². The van der Waals surface area contributed by atoms with Crippen molar-refractivity contribution in [1.82, 2.24) is 24.3 Å². The third-order valence-electron chi connectivity index (χ3n) is 5.51. The number of hydrogen-bond donors (Lipinski definition) is 0. The van der Waals surface area contributed by atoms with Crippen LogP contribution in [0.1, 0.15) is 17.8 Å². The molecule has 0 spiro atoms. The highest BCUT2D eigenvalue weighted by Crippen LogP contribution is 2.29. The Morgan fingerprint density at radius 1 is 1.00 bits per heavy atom. The lowest BCUT2D eigenvalue weighted by Gasteiger charge is -2.33. The summed E-state index contributed by atoms with van der Waals surface area (Å²) in [4.78, 5) is 23.3. The van der Waals surface area contributed by atoms with Crippen molar-refractivity contribution in [2.75, 3.05) is 18.0 Å². The molecule has 3 aromatic heterocycles. The van der Waals surface area contributed by atoms with Crippen LogP contribution in [0.3, 0.4) is 0 Å². The fourth-order valence-electron chi connectivity index (χ4n) is 3.91. The van der Waals surface area contributed by atoms with Gasteiger partial charge in [0, 0.05) is 41.2 Å². The molecule has 0 N–H and O–H groups in total. The van der Waals surface area contributed by atoms with Crippen LogP contribution in [-0.2, 0) is 0 Å². The van der Waals surface area contributed by atoms with Crippen molar-refractivity contribution in [3.63, 3.8) is 0 Å². The largest absolute Gasteiger partial charge is 0.371 e. The van der Waals surface area contributed by atoms with Crippen molar-refractivity contribution in [2.24, 2.45) is 0 Å². The fourth-order valence-corrected chi connectivity index (χ4v) is 3.91. The molecule has 146 valence electrons. The highest BCUT2D eigenvalue weighted by atomic mass is 19.1. The summed E-state index contributed by atoms with van der Waals surface area (Å²) in [5.41, 5.74) is 3.62. The molecule has 1 aromatic carbocycles. The van der Waals surface area contributed by atoms with Crippen LogP contribution in [0.2, 0.25) is 0 Å². The van der Waals surface area contributed by atoms with Gasteiger partial charge in [-0.1, -0.05) is 6.07 Å². The lowest BCUT2D eigenvalue weighted by atomic mass is 10.1. The average Bonchev–Trinajstić information content (AvgIpc) is 2.93. The zero-order valence-corrected chi connectivity index (χ0v) is 16.1. The number of fused-ring (bicyclic) bond motifs is 1. The number of halogens is 1. The van der Waals surface area contributed by atoms with Crippen molar-refractivity contribution in [3.8, 4) is 11.6 Å². The van der Waals surface area contributed by atoms with Gasteiger partial charge in [-0.2, -0.15) is 9.78 Å². The smallest absolute Gasteiger partial charge is 0.283 e. The summed E-state index contributed by atoms with van der Waals surface area (Å²) in [7, 11) is 0. The van der Waals surface area contributed by atoms with Crippen LogP contribution in [0.25, 0.3) is 22.4 Å². The third-order valence-corrected chi connectivity index (χ3v) is 5.51. The van der Waals surface area contributed by atoms with E-state index in [9.17, 15) is 9.18 Å². The summed E-state index contributed by atoms with van der Waals surface area (Å²) in [6.45, 7) is 6.04. The first-order chi connectivity index (χ1) is 14.0. The summed E-state index contributed by atoms with van der Waals surface area (Å²) in [6.07, 6.45) is 4.89. The Bertz CT molecular complexity index is 1290. The minimum atomic E-state index is -0.567. The maximum absolute atomic E-state index is 13.2. The van der Waals surface area contributed by atoms with Crippen LogP contribution < -0.4 is 10.5 Å². The van der Waals surface area contributed by atoms with E-state index in [2.05, 4.69) is 36.7 Å². The van der Waals surface area contributed by atoms with E-state index in [-0.39, 0.29) is 11.5 Å². The average molecular weight is 390 g/mol. The Balaban J connectivity index is 1.69. The Labute approximate surface area is 166 Å². The van der Waals surface area contributed by atoms with Gasteiger partial charge in [0.2, 0.25) is 0 Å². The van der Waals surface area contributed by atoms with E-state index >= 15 is 0 Å². The molecule has 0 saturated carbocycles. The molecule has 1 saturated heterocycles. The summed E-state index contributed by atoms with van der Waals surface area (Å²) >= 11 is 0. The van der Waals surface area contributed by atoms with E-state index < -0.39 is 5.82 Å². The van der Waals surface area contributed by atoms with Crippen molar-refractivity contribution in [1.29, 1.82) is 0 Å². The van der Waals surface area contributed by atoms with Crippen molar-refractivity contribution in [3.05, 3.63) is 70.4 Å². The first kappa shape index (κ1) is 17.5. The Hall–Kier alpha value is -3.55. The molecule has 4 aromatic rings. The topological polar surface area (TPSA) is 68.8 Å². The van der Waals surface area contributed by atoms with Gasteiger partial charge in [0.15, 0.2) is 5.82 Å². The van der Waals surface area contributed by atoms with Gasteiger partial charge < -0.3 is 9.47 Å². The first-order valence-electron chi connectivity index (χ1n) is 9.48. The van der Waals surface area contributed by atoms with E-state index in [1.807, 2.05) is 26.0 Å². The number of hydrogen-bond acceptors (Lipinski definition) is 5. The molecule has 0 radical (unpaired) electrons. The molecule has 7 nitrogen and oxygen atoms in total. The second-order valence-electron chi connectivity index (χ2n) is 7.22. The van der Waals surface area contributed by atoms with E-state index in [0.29, 0.717) is 5.39 Å². The zero-order chi connectivity index (χ0) is 20.1. The Kier molecular flexibility index (Phi) is 3.94. The number of nitrogens with zero attached hydrogens (tertiary/aromatic N) is 6. The molecule has 1 aliphatic heterocycles. The Morgan fingerprint density at radius 3 is 2.41 bits per heavy atom. The molecule has 1 fully saturated rings. The number of benzene rings is 1. The van der Waals surface area contributed by atoms with Crippen LogP contribution in [-0.4, -0.2) is 37.4 Å². The van der Waals surface area contributed by atoms with Gasteiger partial charge in [-0.25, -0.2) is 14.4 Å². The molecule has 5 rings (SSSR count). The van der Waals surface area contributed by atoms with Crippen LogP contribution in [0.4, 0.5) is 10.1 Å². The van der Waals surface area contributed by atoms with E-state index in [0.717, 1.165) is 52.6 Å². The maximum atomic E-state index is 13.2. The fraction of sp³-hybridized carbons (Fsp3) is 0.238. The van der Waals surface area contributed by atoms with E-state index in [4.69, 9.17) is 0 Å². The summed E-state index contributed by atoms with van der Waals surface area (Å²) in [5, 5.41) is 5.55. The van der Waals surface area contributed by atoms with Gasteiger partial charge in [-0.15, -0.1) is 0 Å². The molecule has 0 aliphatic carbocycles. The molecule has 4 heterocycles. The number of anilines is 1. The van der Waals surface area contributed by atoms with Gasteiger partial charge in [0.1, 0.15) is 0 Å². The highest BCUT2D eigenvalue weighted by Gasteiger charge is 2.20. The first-order valence-corrected chi connectivity index (χ1v) is 9.48. The quantitative estimate of drug-likeness (QED) is 0.538. The zero-order valence-electron chi connectivity index (χ0n) is 16.1. The SMILES string of the molecule is Cc1c2cnn(-c3ncc(F)cn3)c(=O)c2c(C)n1-c1cccc(N2CCC2)c1. The molecule has 29 heavy (non-hydrogen) atoms. The summed E-state index contributed by atoms with van der Waals surface area (Å²) in [5.74, 6) is -0.522. The maximum Gasteiger partial charge on any atom is 0.283 e. The van der Waals surface area contributed by atoms with Gasteiger partial charge in [0.05, 0.1) is 24.0 Å². The van der Waals surface area contributed by atoms with Gasteiger partial charge in [0.25, 0.3) is 11.5 Å². The monoisotopic (exact) mass is 390 g/mol. The van der Waals surface area contributed by atoms with Crippen molar-refractivity contribution >= 4 is 16.5 Å². The second kappa shape index (κ2) is 6.51. The predicted octanol–water partition coefficient (Wildman–Crippen LogP) is 2.93. The molecule has 0 bridgehead atoms. The van der Waals surface area contributed by atoms with Crippen LogP contribution in [0, 0.1) is 19.7 Å². The van der Waals surface area contributed by atoms with Gasteiger partial charge >= 0.3 is 0 Å². The molecular weight excluding hydrogens is 371 g/mol. The van der Waals surface area contributed by atoms with Crippen LogP contribution in [0.15, 0.2) is 47.7 Å². The standard InChI is InChI=1S/C21H19FN6O/c1-13-18-12-25-28(21-23-10-15(22)11-24-21)20(29)19(18)14(2)27(13)17-6-3-5-16(9-17)26-7-4-8-26/h3,5-6,9-12H,4,7-8H2,1-2H3. The lowest BCUT2D eigenvalue weighted by molar-refractivity contribution is 0.607. The Morgan fingerprint density at radius 2 is 1.72 bits per heavy atom. The van der Waals surface area contributed by atoms with E-state index in [1.54, 1.807) is 6.20 Å². The number of rotatable bonds is 3. The lowest BCUT2D eigenvalue weighted by Crippen LogP contribution is -2.36. The molecule has 1 aliphatic rings. The normalized spacial score (nSPS) is 13.7.